The molecule has 0 bridgehead atoms. The fourth-order valence-electron chi connectivity index (χ4n) is 1.88. The molecule has 0 atom stereocenters. The molecule has 2 heterocycles. The molecular weight excluding hydrogens is 256 g/mol. The molecule has 0 spiro atoms. The van der Waals surface area contributed by atoms with E-state index >= 15 is 0 Å². The third-order valence-corrected chi connectivity index (χ3v) is 2.74. The van der Waals surface area contributed by atoms with Crippen LogP contribution in [-0.2, 0) is 13.0 Å². The molecular formula is C13H20N6O. The average Bonchev–Trinajstić information content (AvgIpc) is 2.86. The highest BCUT2D eigenvalue weighted by atomic mass is 16.5. The predicted octanol–water partition coefficient (Wildman–Crippen LogP) is 1.51. The molecule has 0 unspecified atom stereocenters. The monoisotopic (exact) mass is 276 g/mol. The van der Waals surface area contributed by atoms with E-state index in [4.69, 9.17) is 4.74 Å². The van der Waals surface area contributed by atoms with E-state index in [1.165, 1.54) is 0 Å². The summed E-state index contributed by atoms with van der Waals surface area (Å²) < 4.78 is 7.47. The number of rotatable bonds is 7. The van der Waals surface area contributed by atoms with Crippen LogP contribution in [0.4, 0.5) is 5.95 Å². The van der Waals surface area contributed by atoms with Gasteiger partial charge < -0.3 is 14.6 Å². The van der Waals surface area contributed by atoms with Gasteiger partial charge in [-0.05, 0) is 13.3 Å². The number of imidazole rings is 1. The number of hydrogen-bond acceptors (Lipinski definition) is 6. The van der Waals surface area contributed by atoms with Gasteiger partial charge in [-0.2, -0.15) is 15.0 Å². The molecule has 0 aliphatic carbocycles. The predicted molar refractivity (Wildman–Crippen MR) is 75.9 cm³/mol. The summed E-state index contributed by atoms with van der Waals surface area (Å²) in [5.74, 6) is 2.10. The molecule has 0 radical (unpaired) electrons. The smallest absolute Gasteiger partial charge is 0.321 e. The Labute approximate surface area is 118 Å². The maximum Gasteiger partial charge on any atom is 0.321 e. The van der Waals surface area contributed by atoms with E-state index in [9.17, 15) is 0 Å². The Morgan fingerprint density at radius 1 is 1.25 bits per heavy atom. The standard InChI is InChI=1S/C13H20N6O/c1-4-7-19-8-6-15-11(19)9-10-16-12(14-3)18-13(17-10)20-5-2/h6,8H,4-5,7,9H2,1-3H3,(H,14,16,17,18). The Morgan fingerprint density at radius 2 is 2.10 bits per heavy atom. The molecule has 0 saturated carbocycles. The van der Waals surface area contributed by atoms with Crippen molar-refractivity contribution in [1.29, 1.82) is 0 Å². The van der Waals surface area contributed by atoms with Crippen LogP contribution in [0.15, 0.2) is 12.4 Å². The molecule has 108 valence electrons. The van der Waals surface area contributed by atoms with Crippen molar-refractivity contribution in [3.8, 4) is 6.01 Å². The second-order valence-electron chi connectivity index (χ2n) is 4.25. The zero-order valence-electron chi connectivity index (χ0n) is 12.1. The molecule has 7 nitrogen and oxygen atoms in total. The second-order valence-corrected chi connectivity index (χ2v) is 4.25. The van der Waals surface area contributed by atoms with Gasteiger partial charge in [-0.1, -0.05) is 6.92 Å². The normalized spacial score (nSPS) is 10.6. The van der Waals surface area contributed by atoms with E-state index in [2.05, 4.69) is 36.7 Å². The van der Waals surface area contributed by atoms with E-state index in [-0.39, 0.29) is 0 Å². The molecule has 0 saturated heterocycles. The van der Waals surface area contributed by atoms with Gasteiger partial charge in [0.05, 0.1) is 13.0 Å². The van der Waals surface area contributed by atoms with Crippen molar-refractivity contribution < 1.29 is 4.74 Å². The number of hydrogen-bond donors (Lipinski definition) is 1. The van der Waals surface area contributed by atoms with Crippen molar-refractivity contribution >= 4 is 5.95 Å². The maximum absolute atomic E-state index is 5.36. The van der Waals surface area contributed by atoms with E-state index in [1.807, 2.05) is 13.1 Å². The summed E-state index contributed by atoms with van der Waals surface area (Å²) in [5.41, 5.74) is 0. The van der Waals surface area contributed by atoms with Gasteiger partial charge in [-0.15, -0.1) is 0 Å². The third-order valence-electron chi connectivity index (χ3n) is 2.74. The van der Waals surface area contributed by atoms with Crippen LogP contribution in [0.2, 0.25) is 0 Å². The van der Waals surface area contributed by atoms with Crippen molar-refractivity contribution in [1.82, 2.24) is 24.5 Å². The lowest BCUT2D eigenvalue weighted by atomic mass is 10.3. The van der Waals surface area contributed by atoms with E-state index in [1.54, 1.807) is 13.2 Å². The highest BCUT2D eigenvalue weighted by Gasteiger charge is 2.10. The number of aromatic nitrogens is 5. The molecule has 0 aliphatic rings. The largest absolute Gasteiger partial charge is 0.464 e. The van der Waals surface area contributed by atoms with Crippen LogP contribution in [0.3, 0.4) is 0 Å². The zero-order chi connectivity index (χ0) is 14.4. The molecule has 0 amide bonds. The highest BCUT2D eigenvalue weighted by Crippen LogP contribution is 2.11. The Hall–Kier alpha value is -2.18. The number of nitrogens with one attached hydrogen (secondary N) is 1. The van der Waals surface area contributed by atoms with Gasteiger partial charge in [0.2, 0.25) is 5.95 Å². The first-order valence-corrected chi connectivity index (χ1v) is 6.82. The van der Waals surface area contributed by atoms with Gasteiger partial charge in [0.1, 0.15) is 11.6 Å². The van der Waals surface area contributed by atoms with Gasteiger partial charge >= 0.3 is 6.01 Å². The van der Waals surface area contributed by atoms with Crippen LogP contribution in [0.25, 0.3) is 0 Å². The zero-order valence-corrected chi connectivity index (χ0v) is 12.1. The van der Waals surface area contributed by atoms with Gasteiger partial charge in [0.25, 0.3) is 0 Å². The van der Waals surface area contributed by atoms with Crippen molar-refractivity contribution in [2.45, 2.75) is 33.2 Å². The van der Waals surface area contributed by atoms with Crippen LogP contribution in [0, 0.1) is 0 Å². The SMILES string of the molecule is CCCn1ccnc1Cc1nc(NC)nc(OCC)n1. The maximum atomic E-state index is 5.36. The number of aryl methyl sites for hydroxylation is 1. The summed E-state index contributed by atoms with van der Waals surface area (Å²) >= 11 is 0. The molecule has 2 aromatic rings. The lowest BCUT2D eigenvalue weighted by molar-refractivity contribution is 0.310. The van der Waals surface area contributed by atoms with E-state index in [0.717, 1.165) is 18.8 Å². The van der Waals surface area contributed by atoms with Gasteiger partial charge in [-0.25, -0.2) is 4.98 Å². The highest BCUT2D eigenvalue weighted by molar-refractivity contribution is 5.25. The molecule has 2 aromatic heterocycles. The number of anilines is 1. The molecule has 7 heteroatoms. The van der Waals surface area contributed by atoms with Crippen LogP contribution in [0.5, 0.6) is 6.01 Å². The third kappa shape index (κ3) is 3.43. The summed E-state index contributed by atoms with van der Waals surface area (Å²) in [6.45, 7) is 5.50. The molecule has 0 aromatic carbocycles. The number of ether oxygens (including phenoxy) is 1. The van der Waals surface area contributed by atoms with Gasteiger partial charge in [0.15, 0.2) is 0 Å². The minimum atomic E-state index is 0.343. The molecule has 20 heavy (non-hydrogen) atoms. The van der Waals surface area contributed by atoms with Crippen molar-refractivity contribution in [3.05, 3.63) is 24.0 Å². The summed E-state index contributed by atoms with van der Waals surface area (Å²) in [5, 5.41) is 2.92. The van der Waals surface area contributed by atoms with Crippen LogP contribution in [-0.4, -0.2) is 38.2 Å². The van der Waals surface area contributed by atoms with E-state index in [0.29, 0.717) is 30.8 Å². The Kier molecular flexibility index (Phi) is 4.86. The Bertz CT molecular complexity index is 554. The summed E-state index contributed by atoms with van der Waals surface area (Å²) in [6.07, 6.45) is 5.40. The molecule has 0 aliphatic heterocycles. The van der Waals surface area contributed by atoms with Crippen LogP contribution in [0.1, 0.15) is 31.9 Å². The summed E-state index contributed by atoms with van der Waals surface area (Å²) in [7, 11) is 1.77. The van der Waals surface area contributed by atoms with E-state index < -0.39 is 0 Å². The first-order chi connectivity index (χ1) is 9.76. The fourth-order valence-corrected chi connectivity index (χ4v) is 1.88. The van der Waals surface area contributed by atoms with Crippen molar-refractivity contribution in [2.24, 2.45) is 0 Å². The van der Waals surface area contributed by atoms with Gasteiger partial charge in [-0.3, -0.25) is 0 Å². The molecule has 2 rings (SSSR count). The quantitative estimate of drug-likeness (QED) is 0.826. The van der Waals surface area contributed by atoms with Crippen molar-refractivity contribution in [3.63, 3.8) is 0 Å². The van der Waals surface area contributed by atoms with Gasteiger partial charge in [0, 0.05) is 26.0 Å². The molecule has 1 N–H and O–H groups in total. The Balaban J connectivity index is 2.23. The second kappa shape index (κ2) is 6.83. The minimum Gasteiger partial charge on any atom is -0.464 e. The first kappa shape index (κ1) is 14.2. The topological polar surface area (TPSA) is 77.8 Å². The first-order valence-electron chi connectivity index (χ1n) is 6.82. The fraction of sp³-hybridized carbons (Fsp3) is 0.538. The summed E-state index contributed by atoms with van der Waals surface area (Å²) in [4.78, 5) is 17.2. The average molecular weight is 276 g/mol. The minimum absolute atomic E-state index is 0.343. The number of nitrogens with zero attached hydrogens (tertiary/aromatic N) is 5. The van der Waals surface area contributed by atoms with Crippen LogP contribution < -0.4 is 10.1 Å². The lowest BCUT2D eigenvalue weighted by Crippen LogP contribution is -2.10. The van der Waals surface area contributed by atoms with Crippen molar-refractivity contribution in [2.75, 3.05) is 19.0 Å². The Morgan fingerprint density at radius 3 is 2.80 bits per heavy atom. The van der Waals surface area contributed by atoms with Crippen LogP contribution >= 0.6 is 0 Å². The molecule has 0 fully saturated rings. The lowest BCUT2D eigenvalue weighted by Gasteiger charge is -2.08. The summed E-state index contributed by atoms with van der Waals surface area (Å²) in [6, 6.07) is 0.343.